The van der Waals surface area contributed by atoms with E-state index in [0.29, 0.717) is 12.1 Å². The molecule has 2 N–H and O–H groups in total. The van der Waals surface area contributed by atoms with Gasteiger partial charge in [0.05, 0.1) is 17.4 Å². The molecule has 5 heteroatoms. The molecule has 5 nitrogen and oxygen atoms in total. The summed E-state index contributed by atoms with van der Waals surface area (Å²) in [6.07, 6.45) is 7.59. The Bertz CT molecular complexity index is 486. The number of rotatable bonds is 4. The Morgan fingerprint density at radius 1 is 1.38 bits per heavy atom. The van der Waals surface area contributed by atoms with Crippen molar-refractivity contribution in [3.63, 3.8) is 0 Å². The molecule has 0 saturated heterocycles. The first-order chi connectivity index (χ1) is 9.93. The number of nitrogens with one attached hydrogen (secondary N) is 1. The van der Waals surface area contributed by atoms with Crippen molar-refractivity contribution in [1.29, 1.82) is 0 Å². The number of hydrogen-bond acceptors (Lipinski definition) is 3. The zero-order valence-corrected chi connectivity index (χ0v) is 13.4. The van der Waals surface area contributed by atoms with E-state index in [1.54, 1.807) is 6.20 Å². The molecule has 0 unspecified atom stereocenters. The molecule has 1 aromatic rings. The Hall–Kier alpha value is -1.36. The third-order valence-corrected chi connectivity index (χ3v) is 4.39. The molecule has 118 valence electrons. The molecule has 1 aromatic heterocycles. The summed E-state index contributed by atoms with van der Waals surface area (Å²) in [5, 5.41) is 17.7. The summed E-state index contributed by atoms with van der Waals surface area (Å²) in [5.41, 5.74) is 0.727. The standard InChI is InChI=1S/C16H27N3O2/c1-12(2)19-13(3)14(10-18-19)15(20)17-11-16(21)8-6-4-5-7-9-16/h10,12,21H,4-9,11H2,1-3H3,(H,17,20). The van der Waals surface area contributed by atoms with Crippen molar-refractivity contribution in [2.75, 3.05) is 6.54 Å². The number of carbonyl (C=O) groups excluding carboxylic acids is 1. The summed E-state index contributed by atoms with van der Waals surface area (Å²) in [7, 11) is 0. The van der Waals surface area contributed by atoms with Crippen LogP contribution in [-0.2, 0) is 0 Å². The third kappa shape index (κ3) is 3.84. The van der Waals surface area contributed by atoms with Crippen LogP contribution in [0.5, 0.6) is 0 Å². The maximum absolute atomic E-state index is 12.3. The Morgan fingerprint density at radius 3 is 2.52 bits per heavy atom. The average molecular weight is 293 g/mol. The maximum atomic E-state index is 12.3. The van der Waals surface area contributed by atoms with E-state index in [-0.39, 0.29) is 11.9 Å². The van der Waals surface area contributed by atoms with Crippen LogP contribution in [-0.4, -0.2) is 32.9 Å². The zero-order valence-electron chi connectivity index (χ0n) is 13.4. The number of aliphatic hydroxyl groups is 1. The molecule has 0 atom stereocenters. The summed E-state index contributed by atoms with van der Waals surface area (Å²) >= 11 is 0. The summed E-state index contributed by atoms with van der Waals surface area (Å²) in [4.78, 5) is 12.3. The van der Waals surface area contributed by atoms with Gasteiger partial charge in [-0.3, -0.25) is 9.48 Å². The molecule has 1 aliphatic rings. The number of amides is 1. The van der Waals surface area contributed by atoms with E-state index >= 15 is 0 Å². The van der Waals surface area contributed by atoms with Crippen LogP contribution in [0.2, 0.25) is 0 Å². The Balaban J connectivity index is 1.98. The fourth-order valence-electron chi connectivity index (χ4n) is 3.07. The maximum Gasteiger partial charge on any atom is 0.254 e. The first-order valence-electron chi connectivity index (χ1n) is 7.98. The normalized spacial score (nSPS) is 18.5. The van der Waals surface area contributed by atoms with Crippen LogP contribution in [0.3, 0.4) is 0 Å². The second-order valence-corrected chi connectivity index (χ2v) is 6.50. The minimum atomic E-state index is -0.742. The minimum absolute atomic E-state index is 0.142. The Kier molecular flexibility index (Phi) is 5.04. The van der Waals surface area contributed by atoms with E-state index in [4.69, 9.17) is 0 Å². The van der Waals surface area contributed by atoms with Gasteiger partial charge in [-0.05, 0) is 33.6 Å². The fourth-order valence-corrected chi connectivity index (χ4v) is 3.07. The first-order valence-corrected chi connectivity index (χ1v) is 7.98. The van der Waals surface area contributed by atoms with Gasteiger partial charge in [0.1, 0.15) is 0 Å². The van der Waals surface area contributed by atoms with Crippen molar-refractivity contribution in [2.24, 2.45) is 0 Å². The van der Waals surface area contributed by atoms with Gasteiger partial charge in [-0.25, -0.2) is 0 Å². The van der Waals surface area contributed by atoms with Crippen LogP contribution in [0, 0.1) is 6.92 Å². The van der Waals surface area contributed by atoms with Crippen molar-refractivity contribution < 1.29 is 9.90 Å². The predicted molar refractivity (Wildman–Crippen MR) is 82.3 cm³/mol. The van der Waals surface area contributed by atoms with Gasteiger partial charge in [-0.2, -0.15) is 5.10 Å². The molecule has 1 saturated carbocycles. The minimum Gasteiger partial charge on any atom is -0.388 e. The third-order valence-electron chi connectivity index (χ3n) is 4.39. The van der Waals surface area contributed by atoms with Crippen LogP contribution in [0.15, 0.2) is 6.20 Å². The van der Waals surface area contributed by atoms with Gasteiger partial charge in [0.2, 0.25) is 0 Å². The number of nitrogens with zero attached hydrogens (tertiary/aromatic N) is 2. The summed E-state index contributed by atoms with van der Waals surface area (Å²) in [5.74, 6) is -0.142. The molecule has 0 spiro atoms. The molecule has 1 fully saturated rings. The SMILES string of the molecule is Cc1c(C(=O)NCC2(O)CCCCCC2)cnn1C(C)C. The van der Waals surface area contributed by atoms with E-state index in [2.05, 4.69) is 10.4 Å². The van der Waals surface area contributed by atoms with E-state index in [1.165, 1.54) is 12.8 Å². The van der Waals surface area contributed by atoms with Gasteiger partial charge in [-0.15, -0.1) is 0 Å². The molecule has 0 radical (unpaired) electrons. The molecule has 21 heavy (non-hydrogen) atoms. The lowest BCUT2D eigenvalue weighted by atomic mass is 9.94. The van der Waals surface area contributed by atoms with E-state index in [1.807, 2.05) is 25.5 Å². The van der Waals surface area contributed by atoms with Crippen molar-refractivity contribution in [1.82, 2.24) is 15.1 Å². The molecular weight excluding hydrogens is 266 g/mol. The highest BCUT2D eigenvalue weighted by Gasteiger charge is 2.29. The molecular formula is C16H27N3O2. The topological polar surface area (TPSA) is 67.2 Å². The van der Waals surface area contributed by atoms with Crippen molar-refractivity contribution in [3.8, 4) is 0 Å². The second-order valence-electron chi connectivity index (χ2n) is 6.50. The molecule has 0 aliphatic heterocycles. The van der Waals surface area contributed by atoms with Crippen LogP contribution in [0.1, 0.15) is 74.5 Å². The lowest BCUT2D eigenvalue weighted by molar-refractivity contribution is 0.0246. The highest BCUT2D eigenvalue weighted by Crippen LogP contribution is 2.26. The fraction of sp³-hybridized carbons (Fsp3) is 0.750. The van der Waals surface area contributed by atoms with E-state index in [0.717, 1.165) is 31.4 Å². The highest BCUT2D eigenvalue weighted by molar-refractivity contribution is 5.95. The van der Waals surface area contributed by atoms with Gasteiger partial charge < -0.3 is 10.4 Å². The van der Waals surface area contributed by atoms with Gasteiger partial charge in [-0.1, -0.05) is 25.7 Å². The smallest absolute Gasteiger partial charge is 0.254 e. The van der Waals surface area contributed by atoms with Crippen LogP contribution >= 0.6 is 0 Å². The van der Waals surface area contributed by atoms with Gasteiger partial charge in [0, 0.05) is 18.3 Å². The molecule has 2 rings (SSSR count). The van der Waals surface area contributed by atoms with Crippen LogP contribution < -0.4 is 5.32 Å². The molecule has 0 aromatic carbocycles. The predicted octanol–water partition coefficient (Wildman–Crippen LogP) is 2.59. The lowest BCUT2D eigenvalue weighted by Gasteiger charge is -2.26. The number of aromatic nitrogens is 2. The summed E-state index contributed by atoms with van der Waals surface area (Å²) in [6, 6.07) is 0.234. The number of carbonyl (C=O) groups is 1. The monoisotopic (exact) mass is 293 g/mol. The summed E-state index contributed by atoms with van der Waals surface area (Å²) in [6.45, 7) is 6.31. The van der Waals surface area contributed by atoms with Crippen molar-refractivity contribution in [3.05, 3.63) is 17.5 Å². The van der Waals surface area contributed by atoms with Crippen molar-refractivity contribution in [2.45, 2.75) is 70.9 Å². The number of hydrogen-bond donors (Lipinski definition) is 2. The van der Waals surface area contributed by atoms with Gasteiger partial charge in [0.15, 0.2) is 0 Å². The van der Waals surface area contributed by atoms with Crippen LogP contribution in [0.25, 0.3) is 0 Å². The molecule has 1 heterocycles. The average Bonchev–Trinajstić information content (AvgIpc) is 2.68. The van der Waals surface area contributed by atoms with E-state index < -0.39 is 5.60 Å². The Labute approximate surface area is 126 Å². The second kappa shape index (κ2) is 6.60. The first kappa shape index (κ1) is 16.0. The molecule has 1 amide bonds. The zero-order chi connectivity index (χ0) is 15.5. The lowest BCUT2D eigenvalue weighted by Crippen LogP contribution is -2.42. The molecule has 1 aliphatic carbocycles. The van der Waals surface area contributed by atoms with Gasteiger partial charge in [0.25, 0.3) is 5.91 Å². The van der Waals surface area contributed by atoms with Gasteiger partial charge >= 0.3 is 0 Å². The quantitative estimate of drug-likeness (QED) is 0.839. The van der Waals surface area contributed by atoms with Crippen LogP contribution in [0.4, 0.5) is 0 Å². The summed E-state index contributed by atoms with van der Waals surface area (Å²) < 4.78 is 1.84. The molecule has 0 bridgehead atoms. The van der Waals surface area contributed by atoms with Crippen molar-refractivity contribution >= 4 is 5.91 Å². The van der Waals surface area contributed by atoms with E-state index in [9.17, 15) is 9.90 Å². The Morgan fingerprint density at radius 2 is 2.00 bits per heavy atom. The largest absolute Gasteiger partial charge is 0.388 e. The highest BCUT2D eigenvalue weighted by atomic mass is 16.3.